The molecule has 0 aliphatic rings. The maximum atomic E-state index is 13.7. The summed E-state index contributed by atoms with van der Waals surface area (Å²) in [5, 5.41) is 5.36. The molecule has 0 bridgehead atoms. The predicted octanol–water partition coefficient (Wildman–Crippen LogP) is 5.30. The molecule has 2 aromatic rings. The van der Waals surface area contributed by atoms with Gasteiger partial charge in [-0.25, -0.2) is 9.18 Å². The van der Waals surface area contributed by atoms with Crippen molar-refractivity contribution in [3.8, 4) is 0 Å². The topological polar surface area (TPSA) is 41.1 Å². The van der Waals surface area contributed by atoms with Crippen LogP contribution in [0.3, 0.4) is 0 Å². The molecule has 24 heavy (non-hydrogen) atoms. The summed E-state index contributed by atoms with van der Waals surface area (Å²) < 4.78 is 13.6. The first kappa shape index (κ1) is 18.3. The lowest BCUT2D eigenvalue weighted by atomic mass is 10.1. The quantitative estimate of drug-likeness (QED) is 0.757. The van der Waals surface area contributed by atoms with Crippen LogP contribution in [-0.4, -0.2) is 6.03 Å². The highest BCUT2D eigenvalue weighted by Gasteiger charge is 2.14. The van der Waals surface area contributed by atoms with Crippen molar-refractivity contribution in [3.63, 3.8) is 0 Å². The number of nitrogens with one attached hydrogen (secondary N) is 2. The number of carbonyl (C=O) groups is 1. The molecule has 0 heterocycles. The Hall–Kier alpha value is -2.04. The van der Waals surface area contributed by atoms with E-state index in [-0.39, 0.29) is 16.2 Å². The first-order valence-electron chi connectivity index (χ1n) is 7.32. The summed E-state index contributed by atoms with van der Waals surface area (Å²) >= 11 is 11.7. The van der Waals surface area contributed by atoms with Crippen LogP contribution in [0.2, 0.25) is 0 Å². The fourth-order valence-corrected chi connectivity index (χ4v) is 2.46. The van der Waals surface area contributed by atoms with Crippen LogP contribution < -0.4 is 10.6 Å². The van der Waals surface area contributed by atoms with Crippen molar-refractivity contribution < 1.29 is 9.18 Å². The van der Waals surface area contributed by atoms with Crippen LogP contribution in [0, 0.1) is 12.7 Å². The van der Waals surface area contributed by atoms with Crippen molar-refractivity contribution in [2.75, 3.05) is 0 Å². The molecule has 2 amide bonds. The van der Waals surface area contributed by atoms with Gasteiger partial charge in [0.25, 0.3) is 0 Å². The molecule has 6 heteroatoms. The van der Waals surface area contributed by atoms with Gasteiger partial charge in [-0.15, -0.1) is 0 Å². The van der Waals surface area contributed by atoms with Crippen molar-refractivity contribution in [2.24, 2.45) is 0 Å². The Morgan fingerprint density at radius 2 is 1.79 bits per heavy atom. The van der Waals surface area contributed by atoms with E-state index in [1.165, 1.54) is 6.07 Å². The normalized spacial score (nSPS) is 11.5. The number of halogens is 3. The summed E-state index contributed by atoms with van der Waals surface area (Å²) in [4.78, 5) is 12.2. The fraction of sp³-hybridized carbons (Fsp3) is 0.167. The minimum absolute atomic E-state index is 0.148. The van der Waals surface area contributed by atoms with Gasteiger partial charge in [0.15, 0.2) is 0 Å². The van der Waals surface area contributed by atoms with E-state index in [9.17, 15) is 9.18 Å². The Balaban J connectivity index is 2.12. The molecular weight excluding hydrogens is 350 g/mol. The van der Waals surface area contributed by atoms with E-state index in [4.69, 9.17) is 23.2 Å². The van der Waals surface area contributed by atoms with Crippen molar-refractivity contribution in [1.29, 1.82) is 0 Å². The van der Waals surface area contributed by atoms with E-state index < -0.39 is 11.8 Å². The second-order valence-electron chi connectivity index (χ2n) is 5.33. The standard InChI is InChI=1S/C18H17Cl2FN2O/c1-11-8-9-14(10-15(11)21)16(17(19)20)23-18(24)22-12(2)13-6-4-3-5-7-13/h3-10,12H,1-2H3,(H2,22,23,24)/t12-/m0/s1. The van der Waals surface area contributed by atoms with Crippen LogP contribution >= 0.6 is 23.2 Å². The molecule has 2 aromatic carbocycles. The molecule has 0 saturated heterocycles. The minimum atomic E-state index is -0.485. The van der Waals surface area contributed by atoms with Gasteiger partial charge in [-0.1, -0.05) is 65.7 Å². The molecule has 0 saturated carbocycles. The summed E-state index contributed by atoms with van der Waals surface area (Å²) in [6, 6.07) is 13.3. The summed E-state index contributed by atoms with van der Waals surface area (Å²) in [5.41, 5.74) is 1.98. The molecule has 0 radical (unpaired) electrons. The molecule has 0 aromatic heterocycles. The predicted molar refractivity (Wildman–Crippen MR) is 96.3 cm³/mol. The van der Waals surface area contributed by atoms with E-state index in [0.717, 1.165) is 5.56 Å². The highest BCUT2D eigenvalue weighted by atomic mass is 35.5. The van der Waals surface area contributed by atoms with Crippen molar-refractivity contribution >= 4 is 34.9 Å². The molecule has 0 aliphatic heterocycles. The zero-order chi connectivity index (χ0) is 17.7. The van der Waals surface area contributed by atoms with Gasteiger partial charge in [-0.3, -0.25) is 0 Å². The second kappa shape index (κ2) is 8.18. The number of amides is 2. The lowest BCUT2D eigenvalue weighted by Gasteiger charge is -2.17. The van der Waals surface area contributed by atoms with E-state index in [2.05, 4.69) is 10.6 Å². The van der Waals surface area contributed by atoms with Crippen molar-refractivity contribution in [3.05, 3.63) is 75.5 Å². The van der Waals surface area contributed by atoms with Gasteiger partial charge < -0.3 is 10.6 Å². The molecule has 0 aliphatic carbocycles. The highest BCUT2D eigenvalue weighted by molar-refractivity contribution is 6.58. The van der Waals surface area contributed by atoms with Gasteiger partial charge in [-0.2, -0.15) is 0 Å². The molecular formula is C18H17Cl2FN2O. The molecule has 0 unspecified atom stereocenters. The van der Waals surface area contributed by atoms with Crippen LogP contribution in [0.15, 0.2) is 53.0 Å². The molecule has 3 nitrogen and oxygen atoms in total. The number of carbonyl (C=O) groups excluding carboxylic acids is 1. The van der Waals surface area contributed by atoms with Crippen LogP contribution in [0.1, 0.15) is 29.7 Å². The molecule has 126 valence electrons. The molecule has 2 rings (SSSR count). The molecule has 1 atom stereocenters. The van der Waals surface area contributed by atoms with Gasteiger partial charge in [0.2, 0.25) is 0 Å². The van der Waals surface area contributed by atoms with E-state index in [1.807, 2.05) is 37.3 Å². The number of benzene rings is 2. The third-order valence-electron chi connectivity index (χ3n) is 3.54. The Labute approximate surface area is 150 Å². The van der Waals surface area contributed by atoms with Gasteiger partial charge in [-0.05, 0) is 31.0 Å². The first-order chi connectivity index (χ1) is 11.4. The zero-order valence-corrected chi connectivity index (χ0v) is 14.8. The Bertz CT molecular complexity index is 759. The minimum Gasteiger partial charge on any atom is -0.331 e. The summed E-state index contributed by atoms with van der Waals surface area (Å²) in [5.74, 6) is -0.403. The number of aryl methyl sites for hydroxylation is 1. The van der Waals surface area contributed by atoms with Gasteiger partial charge in [0.1, 0.15) is 10.3 Å². The van der Waals surface area contributed by atoms with E-state index in [1.54, 1.807) is 19.1 Å². The van der Waals surface area contributed by atoms with Gasteiger partial charge in [0, 0.05) is 5.56 Å². The third-order valence-corrected chi connectivity index (χ3v) is 3.91. The van der Waals surface area contributed by atoms with Crippen molar-refractivity contribution in [1.82, 2.24) is 10.6 Å². The summed E-state index contributed by atoms with van der Waals surface area (Å²) in [7, 11) is 0. The number of rotatable bonds is 4. The largest absolute Gasteiger partial charge is 0.331 e. The number of hydrogen-bond donors (Lipinski definition) is 2. The maximum absolute atomic E-state index is 13.7. The fourth-order valence-electron chi connectivity index (χ4n) is 2.15. The average molecular weight is 367 g/mol. The molecule has 2 N–H and O–H groups in total. The smallest absolute Gasteiger partial charge is 0.319 e. The Morgan fingerprint density at radius 3 is 2.38 bits per heavy atom. The maximum Gasteiger partial charge on any atom is 0.319 e. The number of hydrogen-bond acceptors (Lipinski definition) is 1. The lowest BCUT2D eigenvalue weighted by molar-refractivity contribution is 0.242. The van der Waals surface area contributed by atoms with Crippen LogP contribution in [0.4, 0.5) is 9.18 Å². The van der Waals surface area contributed by atoms with Crippen molar-refractivity contribution in [2.45, 2.75) is 19.9 Å². The Morgan fingerprint density at radius 1 is 1.12 bits per heavy atom. The first-order valence-corrected chi connectivity index (χ1v) is 8.08. The van der Waals surface area contributed by atoms with E-state index >= 15 is 0 Å². The summed E-state index contributed by atoms with van der Waals surface area (Å²) in [6.45, 7) is 3.50. The Kier molecular flexibility index (Phi) is 6.23. The van der Waals surface area contributed by atoms with Gasteiger partial charge in [0.05, 0.1) is 11.7 Å². The third kappa shape index (κ3) is 4.73. The van der Waals surface area contributed by atoms with Gasteiger partial charge >= 0.3 is 6.03 Å². The summed E-state index contributed by atoms with van der Waals surface area (Å²) in [6.07, 6.45) is 0. The SMILES string of the molecule is Cc1ccc(C(NC(=O)N[C@@H](C)c2ccccc2)=C(Cl)Cl)cc1F. The van der Waals surface area contributed by atoms with E-state index in [0.29, 0.717) is 11.1 Å². The molecule has 0 fully saturated rings. The second-order valence-corrected chi connectivity index (χ2v) is 6.28. The monoisotopic (exact) mass is 366 g/mol. The number of urea groups is 1. The lowest BCUT2D eigenvalue weighted by Crippen LogP contribution is -2.36. The average Bonchev–Trinajstić information content (AvgIpc) is 2.56. The highest BCUT2D eigenvalue weighted by Crippen LogP contribution is 2.24. The van der Waals surface area contributed by atoms with Crippen LogP contribution in [0.5, 0.6) is 0 Å². The zero-order valence-electron chi connectivity index (χ0n) is 13.2. The van der Waals surface area contributed by atoms with Crippen LogP contribution in [-0.2, 0) is 0 Å². The van der Waals surface area contributed by atoms with Crippen LogP contribution in [0.25, 0.3) is 5.70 Å². The molecule has 0 spiro atoms.